The second-order valence-corrected chi connectivity index (χ2v) is 6.18. The van der Waals surface area contributed by atoms with Crippen LogP contribution in [0.5, 0.6) is 11.5 Å². The molecule has 0 saturated carbocycles. The summed E-state index contributed by atoms with van der Waals surface area (Å²) in [6.45, 7) is -0.00165. The summed E-state index contributed by atoms with van der Waals surface area (Å²) in [5.74, 6) is 1.29. The van der Waals surface area contributed by atoms with E-state index in [0.717, 1.165) is 5.56 Å². The summed E-state index contributed by atoms with van der Waals surface area (Å²) in [6.07, 6.45) is 3.49. The average Bonchev–Trinajstić information content (AvgIpc) is 3.20. The molecule has 0 N–H and O–H groups in total. The zero-order valence-electron chi connectivity index (χ0n) is 15.1. The molecular weight excluding hydrogens is 368 g/mol. The highest BCUT2D eigenvalue weighted by Gasteiger charge is 2.15. The average molecular weight is 386 g/mol. The maximum atomic E-state index is 12.3. The second-order valence-electron chi connectivity index (χ2n) is 5.39. The smallest absolute Gasteiger partial charge is 0.341 e. The normalized spacial score (nSPS) is 10.5. The zero-order chi connectivity index (χ0) is 19.2. The highest BCUT2D eigenvalue weighted by molar-refractivity contribution is 7.98. The Bertz CT molecular complexity index is 941. The largest absolute Gasteiger partial charge is 0.493 e. The summed E-state index contributed by atoms with van der Waals surface area (Å²) in [6, 6.07) is 10.5. The predicted molar refractivity (Wildman–Crippen MR) is 100 cm³/mol. The number of thioether (sulfide) groups is 1. The molecule has 7 nitrogen and oxygen atoms in total. The van der Waals surface area contributed by atoms with Crippen molar-refractivity contribution < 1.29 is 23.5 Å². The molecule has 3 rings (SSSR count). The minimum Gasteiger partial charge on any atom is -0.493 e. The third-order valence-electron chi connectivity index (χ3n) is 3.76. The molecule has 2 heterocycles. The molecule has 2 aromatic heterocycles. The Labute approximate surface area is 160 Å². The molecule has 0 fully saturated rings. The van der Waals surface area contributed by atoms with Gasteiger partial charge in [0.2, 0.25) is 0 Å². The van der Waals surface area contributed by atoms with Gasteiger partial charge in [-0.1, -0.05) is 5.16 Å². The van der Waals surface area contributed by atoms with Gasteiger partial charge in [0.1, 0.15) is 17.3 Å². The molecule has 3 aromatic rings. The van der Waals surface area contributed by atoms with E-state index in [-0.39, 0.29) is 6.61 Å². The minimum atomic E-state index is -0.455. The van der Waals surface area contributed by atoms with Gasteiger partial charge in [-0.2, -0.15) is 0 Å². The van der Waals surface area contributed by atoms with E-state index in [1.807, 2.05) is 12.3 Å². The molecule has 140 valence electrons. The number of hydrogen-bond donors (Lipinski definition) is 0. The van der Waals surface area contributed by atoms with Gasteiger partial charge < -0.3 is 18.7 Å². The van der Waals surface area contributed by atoms with Crippen LogP contribution in [0.2, 0.25) is 0 Å². The van der Waals surface area contributed by atoms with E-state index in [1.54, 1.807) is 50.7 Å². The van der Waals surface area contributed by atoms with Gasteiger partial charge in [-0.25, -0.2) is 9.78 Å². The lowest BCUT2D eigenvalue weighted by Crippen LogP contribution is -2.07. The lowest BCUT2D eigenvalue weighted by Gasteiger charge is -2.07. The van der Waals surface area contributed by atoms with Gasteiger partial charge in [0.15, 0.2) is 17.3 Å². The number of methoxy groups -OCH3 is 2. The van der Waals surface area contributed by atoms with Gasteiger partial charge in [0.05, 0.1) is 19.8 Å². The molecule has 0 radical (unpaired) electrons. The van der Waals surface area contributed by atoms with Crippen molar-refractivity contribution >= 4 is 17.7 Å². The molecule has 0 spiro atoms. The van der Waals surface area contributed by atoms with Crippen LogP contribution in [0.3, 0.4) is 0 Å². The first kappa shape index (κ1) is 18.8. The number of carbonyl (C=O) groups excluding carboxylic acids is 1. The van der Waals surface area contributed by atoms with Crippen molar-refractivity contribution in [3.63, 3.8) is 0 Å². The van der Waals surface area contributed by atoms with Crippen molar-refractivity contribution in [1.82, 2.24) is 10.1 Å². The second kappa shape index (κ2) is 8.59. The fraction of sp³-hybridized carbons (Fsp3) is 0.211. The SMILES string of the molecule is COc1ccc(-c2cc(COC(=O)c3cccnc3SC)no2)cc1OC. The van der Waals surface area contributed by atoms with E-state index in [4.69, 9.17) is 18.7 Å². The number of benzene rings is 1. The van der Waals surface area contributed by atoms with Crippen molar-refractivity contribution in [3.05, 3.63) is 53.9 Å². The number of hydrogen-bond acceptors (Lipinski definition) is 8. The van der Waals surface area contributed by atoms with Crippen LogP contribution in [-0.4, -0.2) is 36.6 Å². The number of nitrogens with zero attached hydrogens (tertiary/aromatic N) is 2. The van der Waals surface area contributed by atoms with Crippen LogP contribution >= 0.6 is 11.8 Å². The van der Waals surface area contributed by atoms with Gasteiger partial charge in [-0.15, -0.1) is 11.8 Å². The first-order valence-corrected chi connectivity index (χ1v) is 9.23. The Kier molecular flexibility index (Phi) is 5.97. The van der Waals surface area contributed by atoms with E-state index < -0.39 is 5.97 Å². The molecule has 0 unspecified atom stereocenters. The molecule has 0 aliphatic carbocycles. The Morgan fingerprint density at radius 2 is 1.96 bits per heavy atom. The highest BCUT2D eigenvalue weighted by Crippen LogP contribution is 2.32. The summed E-state index contributed by atoms with van der Waals surface area (Å²) < 4.78 is 21.2. The van der Waals surface area contributed by atoms with Gasteiger partial charge in [-0.05, 0) is 36.6 Å². The molecule has 0 aliphatic rings. The van der Waals surface area contributed by atoms with Crippen LogP contribution in [0, 0.1) is 0 Å². The first-order valence-electron chi connectivity index (χ1n) is 8.00. The Morgan fingerprint density at radius 1 is 1.15 bits per heavy atom. The topological polar surface area (TPSA) is 83.7 Å². The molecule has 1 aromatic carbocycles. The van der Waals surface area contributed by atoms with Crippen molar-refractivity contribution in [2.75, 3.05) is 20.5 Å². The van der Waals surface area contributed by atoms with Gasteiger partial charge in [0, 0.05) is 17.8 Å². The Morgan fingerprint density at radius 3 is 2.70 bits per heavy atom. The Hall–Kier alpha value is -3.00. The highest BCUT2D eigenvalue weighted by atomic mass is 32.2. The third kappa shape index (κ3) is 4.22. The molecule has 0 saturated heterocycles. The van der Waals surface area contributed by atoms with Crippen molar-refractivity contribution in [3.8, 4) is 22.8 Å². The van der Waals surface area contributed by atoms with Crippen molar-refractivity contribution in [1.29, 1.82) is 0 Å². The summed E-state index contributed by atoms with van der Waals surface area (Å²) in [7, 11) is 3.14. The van der Waals surface area contributed by atoms with E-state index in [0.29, 0.717) is 33.5 Å². The van der Waals surface area contributed by atoms with E-state index in [9.17, 15) is 4.79 Å². The van der Waals surface area contributed by atoms with E-state index in [2.05, 4.69) is 10.1 Å². The summed E-state index contributed by atoms with van der Waals surface area (Å²) in [5.41, 5.74) is 1.70. The molecule has 0 atom stereocenters. The number of ether oxygens (including phenoxy) is 3. The van der Waals surface area contributed by atoms with E-state index in [1.165, 1.54) is 11.8 Å². The van der Waals surface area contributed by atoms with Crippen LogP contribution in [0.4, 0.5) is 0 Å². The standard InChI is InChI=1S/C19H18N2O5S/c1-23-15-7-6-12(9-17(15)24-2)16-10-13(21-26-16)11-25-19(22)14-5-4-8-20-18(14)27-3/h4-10H,11H2,1-3H3. The molecular formula is C19H18N2O5S. The zero-order valence-corrected chi connectivity index (χ0v) is 15.9. The molecule has 8 heteroatoms. The summed E-state index contributed by atoms with van der Waals surface area (Å²) in [4.78, 5) is 16.4. The number of rotatable bonds is 7. The predicted octanol–water partition coefficient (Wildman–Crippen LogP) is 3.83. The quantitative estimate of drug-likeness (QED) is 0.447. The number of aromatic nitrogens is 2. The lowest BCUT2D eigenvalue weighted by molar-refractivity contribution is 0.0459. The molecule has 0 bridgehead atoms. The maximum absolute atomic E-state index is 12.3. The monoisotopic (exact) mass is 386 g/mol. The maximum Gasteiger partial charge on any atom is 0.341 e. The van der Waals surface area contributed by atoms with Crippen LogP contribution in [0.1, 0.15) is 16.1 Å². The minimum absolute atomic E-state index is 0.00165. The molecule has 0 amide bonds. The van der Waals surface area contributed by atoms with Crippen LogP contribution in [0.15, 0.2) is 52.1 Å². The fourth-order valence-electron chi connectivity index (χ4n) is 2.43. The number of carbonyl (C=O) groups is 1. The summed E-state index contributed by atoms with van der Waals surface area (Å²) in [5, 5.41) is 4.57. The van der Waals surface area contributed by atoms with Crippen LogP contribution in [0.25, 0.3) is 11.3 Å². The lowest BCUT2D eigenvalue weighted by atomic mass is 10.1. The molecule has 27 heavy (non-hydrogen) atoms. The van der Waals surface area contributed by atoms with Crippen LogP contribution in [-0.2, 0) is 11.3 Å². The number of pyridine rings is 1. The van der Waals surface area contributed by atoms with Crippen molar-refractivity contribution in [2.24, 2.45) is 0 Å². The summed E-state index contributed by atoms with van der Waals surface area (Å²) >= 11 is 1.39. The van der Waals surface area contributed by atoms with Crippen molar-refractivity contribution in [2.45, 2.75) is 11.6 Å². The fourth-order valence-corrected chi connectivity index (χ4v) is 2.97. The number of esters is 1. The Balaban J connectivity index is 1.70. The van der Waals surface area contributed by atoms with Crippen LogP contribution < -0.4 is 9.47 Å². The van der Waals surface area contributed by atoms with Gasteiger partial charge >= 0.3 is 5.97 Å². The van der Waals surface area contributed by atoms with E-state index >= 15 is 0 Å². The first-order chi connectivity index (χ1) is 13.2. The van der Waals surface area contributed by atoms with Gasteiger partial charge in [0.25, 0.3) is 0 Å². The van der Waals surface area contributed by atoms with Gasteiger partial charge in [-0.3, -0.25) is 0 Å². The molecule has 0 aliphatic heterocycles. The third-order valence-corrected chi connectivity index (χ3v) is 4.47.